The van der Waals surface area contributed by atoms with Crippen molar-refractivity contribution in [3.8, 4) is 0 Å². The highest BCUT2D eigenvalue weighted by molar-refractivity contribution is 5.49. The molecule has 0 spiro atoms. The third-order valence-corrected chi connectivity index (χ3v) is 3.51. The number of nitrogens with one attached hydrogen (secondary N) is 2. The van der Waals surface area contributed by atoms with Gasteiger partial charge in [0.1, 0.15) is 11.6 Å². The lowest BCUT2D eigenvalue weighted by atomic mass is 10.1. The second-order valence-electron chi connectivity index (χ2n) is 5.10. The van der Waals surface area contributed by atoms with Gasteiger partial charge >= 0.3 is 6.18 Å². The summed E-state index contributed by atoms with van der Waals surface area (Å²) in [5.74, 6) is 5.41. The van der Waals surface area contributed by atoms with Gasteiger partial charge in [-0.2, -0.15) is 13.2 Å². The molecule has 1 aromatic heterocycles. The number of halogens is 3. The Morgan fingerprint density at radius 1 is 1.05 bits per heavy atom. The van der Waals surface area contributed by atoms with Gasteiger partial charge in [-0.1, -0.05) is 25.7 Å². The molecule has 1 aliphatic rings. The van der Waals surface area contributed by atoms with E-state index >= 15 is 0 Å². The molecule has 2 rings (SSSR count). The first-order chi connectivity index (χ1) is 9.49. The third-order valence-electron chi connectivity index (χ3n) is 3.51. The van der Waals surface area contributed by atoms with Crippen LogP contribution in [0.5, 0.6) is 0 Å². The molecule has 0 amide bonds. The normalized spacial score (nSPS) is 17.6. The summed E-state index contributed by atoms with van der Waals surface area (Å²) in [6.45, 7) is 0. The number of nitrogens with two attached hydrogens (primary N) is 1. The molecule has 0 aromatic carbocycles. The first-order valence-corrected chi connectivity index (χ1v) is 6.81. The predicted molar refractivity (Wildman–Crippen MR) is 72.2 cm³/mol. The Hall–Kier alpha value is -1.50. The van der Waals surface area contributed by atoms with Crippen LogP contribution in [0.3, 0.4) is 0 Å². The fraction of sp³-hybridized carbons (Fsp3) is 0.615. The summed E-state index contributed by atoms with van der Waals surface area (Å²) in [5.41, 5.74) is 1.43. The summed E-state index contributed by atoms with van der Waals surface area (Å²) < 4.78 is 38.4. The molecule has 20 heavy (non-hydrogen) atoms. The van der Waals surface area contributed by atoms with Gasteiger partial charge in [-0.3, -0.25) is 0 Å². The van der Waals surface area contributed by atoms with Gasteiger partial charge in [0, 0.05) is 6.04 Å². The summed E-state index contributed by atoms with van der Waals surface area (Å²) in [5, 5.41) is 3.10. The molecule has 1 heterocycles. The standard InChI is InChI=1S/C13H19F3N4/c14-13(15,16)9-7-11(19-12(8-9)20-17)18-10-5-3-1-2-4-6-10/h7-8,10H,1-6,17H2,(H2,18,19,20). The van der Waals surface area contributed by atoms with Crippen molar-refractivity contribution < 1.29 is 13.2 Å². The quantitative estimate of drug-likeness (QED) is 0.452. The van der Waals surface area contributed by atoms with Crippen LogP contribution in [0.4, 0.5) is 24.8 Å². The van der Waals surface area contributed by atoms with Gasteiger partial charge in [0.15, 0.2) is 0 Å². The minimum absolute atomic E-state index is 0.0101. The zero-order chi connectivity index (χ0) is 14.6. The number of hydrogen-bond acceptors (Lipinski definition) is 4. The van der Waals surface area contributed by atoms with Gasteiger partial charge in [0.05, 0.1) is 5.56 Å². The van der Waals surface area contributed by atoms with E-state index in [4.69, 9.17) is 5.84 Å². The van der Waals surface area contributed by atoms with Crippen molar-refractivity contribution in [3.05, 3.63) is 17.7 Å². The zero-order valence-electron chi connectivity index (χ0n) is 11.1. The molecule has 1 fully saturated rings. The van der Waals surface area contributed by atoms with Crippen LogP contribution >= 0.6 is 0 Å². The van der Waals surface area contributed by atoms with Gasteiger partial charge in [-0.25, -0.2) is 10.8 Å². The Bertz CT molecular complexity index is 440. The van der Waals surface area contributed by atoms with Crippen LogP contribution in [0.15, 0.2) is 12.1 Å². The van der Waals surface area contributed by atoms with Crippen molar-refractivity contribution >= 4 is 11.6 Å². The minimum atomic E-state index is -4.41. The molecule has 112 valence electrons. The van der Waals surface area contributed by atoms with Gasteiger partial charge in [0.2, 0.25) is 0 Å². The number of pyridine rings is 1. The Labute approximate surface area is 115 Å². The molecular weight excluding hydrogens is 269 g/mol. The fourth-order valence-electron chi connectivity index (χ4n) is 2.47. The SMILES string of the molecule is NNc1cc(C(F)(F)F)cc(NC2CCCCCC2)n1. The molecule has 0 bridgehead atoms. The maximum Gasteiger partial charge on any atom is 0.416 e. The summed E-state index contributed by atoms with van der Waals surface area (Å²) in [6.07, 6.45) is 2.08. The van der Waals surface area contributed by atoms with E-state index in [0.717, 1.165) is 37.8 Å². The minimum Gasteiger partial charge on any atom is -0.367 e. The maximum absolute atomic E-state index is 12.8. The van der Waals surface area contributed by atoms with E-state index in [1.807, 2.05) is 0 Å². The van der Waals surface area contributed by atoms with Crippen molar-refractivity contribution in [2.24, 2.45) is 5.84 Å². The fourth-order valence-corrected chi connectivity index (χ4v) is 2.47. The summed E-state index contributed by atoms with van der Waals surface area (Å²) in [6, 6.07) is 2.11. The van der Waals surface area contributed by atoms with E-state index in [-0.39, 0.29) is 17.7 Å². The van der Waals surface area contributed by atoms with Gasteiger partial charge in [-0.05, 0) is 25.0 Å². The number of hydrazine groups is 1. The highest BCUT2D eigenvalue weighted by Crippen LogP contribution is 2.32. The van der Waals surface area contributed by atoms with Crippen LogP contribution in [0.2, 0.25) is 0 Å². The van der Waals surface area contributed by atoms with E-state index in [2.05, 4.69) is 15.7 Å². The number of rotatable bonds is 3. The van der Waals surface area contributed by atoms with Crippen molar-refractivity contribution in [1.82, 2.24) is 4.98 Å². The number of alkyl halides is 3. The van der Waals surface area contributed by atoms with E-state index in [0.29, 0.717) is 0 Å². The maximum atomic E-state index is 12.8. The Morgan fingerprint density at radius 2 is 1.65 bits per heavy atom. The molecular formula is C13H19F3N4. The lowest BCUT2D eigenvalue weighted by molar-refractivity contribution is -0.137. The summed E-state index contributed by atoms with van der Waals surface area (Å²) in [7, 11) is 0. The van der Waals surface area contributed by atoms with Crippen LogP contribution in [-0.4, -0.2) is 11.0 Å². The molecule has 0 unspecified atom stereocenters. The van der Waals surface area contributed by atoms with Crippen LogP contribution < -0.4 is 16.6 Å². The smallest absolute Gasteiger partial charge is 0.367 e. The molecule has 0 aliphatic heterocycles. The number of anilines is 2. The highest BCUT2D eigenvalue weighted by atomic mass is 19.4. The monoisotopic (exact) mass is 288 g/mol. The summed E-state index contributed by atoms with van der Waals surface area (Å²) in [4.78, 5) is 4.04. The largest absolute Gasteiger partial charge is 0.416 e. The third kappa shape index (κ3) is 4.00. The molecule has 1 aromatic rings. The van der Waals surface area contributed by atoms with Gasteiger partial charge in [-0.15, -0.1) is 0 Å². The Balaban J connectivity index is 2.17. The molecule has 4 N–H and O–H groups in total. The zero-order valence-corrected chi connectivity index (χ0v) is 11.1. The summed E-state index contributed by atoms with van der Waals surface area (Å²) >= 11 is 0. The van der Waals surface area contributed by atoms with Crippen molar-refractivity contribution in [3.63, 3.8) is 0 Å². The number of nitrogens with zero attached hydrogens (tertiary/aromatic N) is 1. The van der Waals surface area contributed by atoms with Crippen LogP contribution in [0, 0.1) is 0 Å². The molecule has 4 nitrogen and oxygen atoms in total. The van der Waals surface area contributed by atoms with E-state index < -0.39 is 11.7 Å². The molecule has 1 aliphatic carbocycles. The van der Waals surface area contributed by atoms with E-state index in [1.165, 1.54) is 12.8 Å². The average molecular weight is 288 g/mol. The molecule has 1 saturated carbocycles. The number of hydrogen-bond donors (Lipinski definition) is 3. The van der Waals surface area contributed by atoms with Crippen LogP contribution in [0.25, 0.3) is 0 Å². The lowest BCUT2D eigenvalue weighted by Gasteiger charge is -2.18. The highest BCUT2D eigenvalue weighted by Gasteiger charge is 2.31. The molecule has 0 saturated heterocycles. The molecule has 7 heteroatoms. The lowest BCUT2D eigenvalue weighted by Crippen LogP contribution is -2.21. The molecule has 0 radical (unpaired) electrons. The second kappa shape index (κ2) is 6.30. The van der Waals surface area contributed by atoms with E-state index in [1.54, 1.807) is 0 Å². The van der Waals surface area contributed by atoms with Gasteiger partial charge < -0.3 is 10.7 Å². The first kappa shape index (κ1) is 14.9. The topological polar surface area (TPSA) is 63.0 Å². The average Bonchev–Trinajstić information content (AvgIpc) is 2.66. The Kier molecular flexibility index (Phi) is 4.69. The number of nitrogen functional groups attached to an aromatic ring is 1. The van der Waals surface area contributed by atoms with Gasteiger partial charge in [0.25, 0.3) is 0 Å². The number of aromatic nitrogens is 1. The van der Waals surface area contributed by atoms with Crippen LogP contribution in [-0.2, 0) is 6.18 Å². The predicted octanol–water partition coefficient (Wildman–Crippen LogP) is 3.52. The Morgan fingerprint density at radius 3 is 2.20 bits per heavy atom. The van der Waals surface area contributed by atoms with Crippen molar-refractivity contribution in [2.75, 3.05) is 10.7 Å². The van der Waals surface area contributed by atoms with Crippen molar-refractivity contribution in [2.45, 2.75) is 50.7 Å². The first-order valence-electron chi connectivity index (χ1n) is 6.81. The second-order valence-corrected chi connectivity index (χ2v) is 5.10. The van der Waals surface area contributed by atoms with E-state index in [9.17, 15) is 13.2 Å². The van der Waals surface area contributed by atoms with Crippen molar-refractivity contribution in [1.29, 1.82) is 0 Å². The van der Waals surface area contributed by atoms with Crippen LogP contribution in [0.1, 0.15) is 44.1 Å². The molecule has 0 atom stereocenters.